The van der Waals surface area contributed by atoms with E-state index >= 15 is 0 Å². The second-order valence-electron chi connectivity index (χ2n) is 10.8. The van der Waals surface area contributed by atoms with Crippen molar-refractivity contribution in [3.05, 3.63) is 71.7 Å². The third kappa shape index (κ3) is 7.14. The number of hydrogen-bond acceptors (Lipinski definition) is 7. The molecule has 0 radical (unpaired) electrons. The van der Waals surface area contributed by atoms with Crippen LogP contribution in [0.25, 0.3) is 0 Å². The lowest BCUT2D eigenvalue weighted by molar-refractivity contribution is -0.109. The molecule has 1 aromatic heterocycles. The Balaban J connectivity index is 1.50. The summed E-state index contributed by atoms with van der Waals surface area (Å²) in [6, 6.07) is 20.7. The van der Waals surface area contributed by atoms with E-state index in [2.05, 4.69) is 91.4 Å². The van der Waals surface area contributed by atoms with Crippen LogP contribution in [0.3, 0.4) is 0 Å². The zero-order valence-corrected chi connectivity index (χ0v) is 25.5. The lowest BCUT2D eigenvalue weighted by atomic mass is 9.83. The predicted octanol–water partition coefficient (Wildman–Crippen LogP) is 4.09. The van der Waals surface area contributed by atoms with Crippen molar-refractivity contribution in [2.24, 2.45) is 5.41 Å². The van der Waals surface area contributed by atoms with Crippen LogP contribution in [0.4, 0.5) is 5.13 Å². The van der Waals surface area contributed by atoms with Gasteiger partial charge in [0.25, 0.3) is 5.91 Å². The highest BCUT2D eigenvalue weighted by atomic mass is 32.2. The smallest absolute Gasteiger partial charge is 0.271 e. The molecular weight excluding hydrogens is 531 g/mol. The van der Waals surface area contributed by atoms with E-state index in [1.807, 2.05) is 17.5 Å². The first-order valence-electron chi connectivity index (χ1n) is 13.1. The lowest BCUT2D eigenvalue weighted by Crippen LogP contribution is -2.56. The van der Waals surface area contributed by atoms with Crippen LogP contribution in [0.5, 0.6) is 0 Å². The summed E-state index contributed by atoms with van der Waals surface area (Å²) in [5.74, 6) is -0.176. The molecule has 6 nitrogen and oxygen atoms in total. The number of anilines is 1. The molecule has 2 aromatic carbocycles. The Morgan fingerprint density at radius 3 is 2.18 bits per heavy atom. The topological polar surface area (TPSA) is 71.5 Å². The van der Waals surface area contributed by atoms with Gasteiger partial charge >= 0.3 is 0 Å². The summed E-state index contributed by atoms with van der Waals surface area (Å²) in [6.07, 6.45) is 0.553. The first kappa shape index (κ1) is 28.5. The van der Waals surface area contributed by atoms with Gasteiger partial charge in [-0.15, -0.1) is 11.3 Å². The Morgan fingerprint density at radius 1 is 1.11 bits per heavy atom. The maximum atomic E-state index is 13.3. The molecule has 1 fully saturated rings. The molecular formula is C29H37N3O3S2Si. The molecule has 9 heteroatoms. The van der Waals surface area contributed by atoms with Crippen molar-refractivity contribution in [2.45, 2.75) is 58.4 Å². The molecule has 2 atom stereocenters. The van der Waals surface area contributed by atoms with Crippen LogP contribution >= 0.6 is 23.1 Å². The Hall–Kier alpha value is -2.46. The first-order chi connectivity index (χ1) is 18.2. The van der Waals surface area contributed by atoms with Crippen LogP contribution in [-0.2, 0) is 9.22 Å². The van der Waals surface area contributed by atoms with Gasteiger partial charge in [0.15, 0.2) is 10.2 Å². The summed E-state index contributed by atoms with van der Waals surface area (Å²) in [5, 5.41) is 8.78. The lowest BCUT2D eigenvalue weighted by Gasteiger charge is -2.39. The Kier molecular flexibility index (Phi) is 9.46. The maximum absolute atomic E-state index is 13.3. The Labute approximate surface area is 235 Å². The van der Waals surface area contributed by atoms with Crippen molar-refractivity contribution in [3.63, 3.8) is 0 Å². The molecule has 0 aliphatic carbocycles. The minimum absolute atomic E-state index is 0.139. The van der Waals surface area contributed by atoms with Crippen molar-refractivity contribution >= 4 is 58.7 Å². The molecule has 38 heavy (non-hydrogen) atoms. The van der Waals surface area contributed by atoms with E-state index in [0.29, 0.717) is 10.9 Å². The normalized spacial score (nSPS) is 15.7. The number of nitrogens with zero attached hydrogens (tertiary/aromatic N) is 2. The van der Waals surface area contributed by atoms with Crippen molar-refractivity contribution < 1.29 is 14.0 Å². The molecule has 2 heterocycles. The molecule has 3 aromatic rings. The number of amides is 1. The molecule has 202 valence electrons. The van der Waals surface area contributed by atoms with Gasteiger partial charge in [0, 0.05) is 30.6 Å². The van der Waals surface area contributed by atoms with Crippen molar-refractivity contribution in [3.8, 4) is 0 Å². The molecule has 4 rings (SSSR count). The molecule has 0 spiro atoms. The summed E-state index contributed by atoms with van der Waals surface area (Å²) in [6.45, 7) is 11.8. The monoisotopic (exact) mass is 567 g/mol. The fourth-order valence-electron chi connectivity index (χ4n) is 4.71. The van der Waals surface area contributed by atoms with Crippen molar-refractivity contribution in [2.75, 3.05) is 18.0 Å². The van der Waals surface area contributed by atoms with Gasteiger partial charge in [-0.25, -0.2) is 4.98 Å². The Morgan fingerprint density at radius 2 is 1.68 bits per heavy atom. The maximum Gasteiger partial charge on any atom is 0.271 e. The Bertz CT molecular complexity index is 1170. The standard InChI is InChI=1S/C29H37N3O3S2Si/c1-6-24(30-27(34)25-19-36-28(31-25)32-17-21(18-32)37-20(2)33)26(29(3,4)5)35-38(22-13-9-7-10-14-22)23-15-11-8-12-16-23/h7-16,19,21,24,26,38H,6,17-18H2,1-5H3,(H,30,34)/t24-,26?/m0/s1. The number of carbonyl (C=O) groups excluding carboxylic acids is 2. The zero-order chi connectivity index (χ0) is 27.3. The summed E-state index contributed by atoms with van der Waals surface area (Å²) < 4.78 is 7.06. The van der Waals surface area contributed by atoms with Crippen LogP contribution in [0.2, 0.25) is 0 Å². The van der Waals surface area contributed by atoms with E-state index in [4.69, 9.17) is 4.43 Å². The minimum Gasteiger partial charge on any atom is -0.405 e. The molecule has 0 saturated carbocycles. The molecule has 1 amide bonds. The van der Waals surface area contributed by atoms with Gasteiger partial charge in [-0.1, -0.05) is 100 Å². The van der Waals surface area contributed by atoms with Crippen LogP contribution in [0, 0.1) is 5.41 Å². The number of rotatable bonds is 10. The average molecular weight is 568 g/mol. The quantitative estimate of drug-likeness (QED) is 0.372. The average Bonchev–Trinajstić information content (AvgIpc) is 3.35. The van der Waals surface area contributed by atoms with Gasteiger partial charge in [-0.3, -0.25) is 9.59 Å². The van der Waals surface area contributed by atoms with Crippen LogP contribution in [0.15, 0.2) is 66.0 Å². The summed E-state index contributed by atoms with van der Waals surface area (Å²) >= 11 is 2.85. The second-order valence-corrected chi connectivity index (χ2v) is 15.4. The van der Waals surface area contributed by atoms with E-state index < -0.39 is 9.04 Å². The highest BCUT2D eigenvalue weighted by molar-refractivity contribution is 8.14. The van der Waals surface area contributed by atoms with Gasteiger partial charge < -0.3 is 14.6 Å². The third-order valence-electron chi connectivity index (χ3n) is 6.64. The molecule has 1 saturated heterocycles. The first-order valence-corrected chi connectivity index (χ1v) is 16.5. The van der Waals surface area contributed by atoms with E-state index in [9.17, 15) is 9.59 Å². The number of nitrogens with one attached hydrogen (secondary N) is 1. The minimum atomic E-state index is -2.02. The number of thiazole rings is 1. The fraction of sp³-hybridized carbons (Fsp3) is 0.414. The van der Waals surface area contributed by atoms with Gasteiger partial charge in [-0.2, -0.15) is 0 Å². The van der Waals surface area contributed by atoms with E-state index in [1.165, 1.54) is 33.5 Å². The summed E-state index contributed by atoms with van der Waals surface area (Å²) in [4.78, 5) is 31.4. The number of benzene rings is 2. The fourth-order valence-corrected chi connectivity index (χ4v) is 9.24. The highest BCUT2D eigenvalue weighted by Crippen LogP contribution is 2.31. The third-order valence-corrected chi connectivity index (χ3v) is 11.0. The van der Waals surface area contributed by atoms with E-state index in [0.717, 1.165) is 24.6 Å². The van der Waals surface area contributed by atoms with Gasteiger partial charge in [-0.05, 0) is 22.2 Å². The van der Waals surface area contributed by atoms with Crippen molar-refractivity contribution in [1.82, 2.24) is 10.3 Å². The van der Waals surface area contributed by atoms with Crippen LogP contribution < -0.4 is 20.6 Å². The molecule has 1 unspecified atom stereocenters. The number of aromatic nitrogens is 1. The van der Waals surface area contributed by atoms with Crippen LogP contribution in [-0.4, -0.2) is 55.5 Å². The largest absolute Gasteiger partial charge is 0.405 e. The zero-order valence-electron chi connectivity index (χ0n) is 22.7. The molecule has 1 N–H and O–H groups in total. The van der Waals surface area contributed by atoms with E-state index in [-0.39, 0.29) is 28.6 Å². The van der Waals surface area contributed by atoms with Gasteiger partial charge in [0.2, 0.25) is 9.04 Å². The van der Waals surface area contributed by atoms with Crippen molar-refractivity contribution in [1.29, 1.82) is 0 Å². The SMILES string of the molecule is CC[C@H](NC(=O)c1csc(N2CC(SC(C)=O)C2)n1)C(O[SiH](c1ccccc1)c1ccccc1)C(C)(C)C. The summed E-state index contributed by atoms with van der Waals surface area (Å²) in [7, 11) is -2.02. The molecule has 1 aliphatic rings. The van der Waals surface area contributed by atoms with Crippen LogP contribution in [0.1, 0.15) is 51.5 Å². The highest BCUT2D eigenvalue weighted by Gasteiger charge is 2.37. The number of carbonyl (C=O) groups is 2. The second kappa shape index (κ2) is 12.6. The summed E-state index contributed by atoms with van der Waals surface area (Å²) in [5.41, 5.74) is 0.232. The molecule has 0 bridgehead atoms. The predicted molar refractivity (Wildman–Crippen MR) is 162 cm³/mol. The van der Waals surface area contributed by atoms with E-state index in [1.54, 1.807) is 6.92 Å². The number of thioether (sulfide) groups is 1. The van der Waals surface area contributed by atoms with Gasteiger partial charge in [0.05, 0.1) is 12.1 Å². The molecule has 1 aliphatic heterocycles. The number of hydrogen-bond donors (Lipinski definition) is 1. The van der Waals surface area contributed by atoms with Gasteiger partial charge in [0.1, 0.15) is 5.69 Å².